The molecule has 0 fully saturated rings. The molecule has 1 aliphatic rings. The van der Waals surface area contributed by atoms with Crippen molar-refractivity contribution in [2.75, 3.05) is 23.4 Å². The predicted molar refractivity (Wildman–Crippen MR) is 129 cm³/mol. The van der Waals surface area contributed by atoms with Gasteiger partial charge in [0, 0.05) is 11.3 Å². The fourth-order valence-electron chi connectivity index (χ4n) is 3.76. The monoisotopic (exact) mass is 444 g/mol. The number of nitrogens with one attached hydrogen (secondary N) is 1. The molecule has 1 aliphatic heterocycles. The first-order chi connectivity index (χ1) is 15.8. The van der Waals surface area contributed by atoms with Crippen LogP contribution in [0.4, 0.5) is 11.4 Å². The summed E-state index contributed by atoms with van der Waals surface area (Å²) in [6.45, 7) is 8.42. The van der Waals surface area contributed by atoms with Crippen LogP contribution in [0.1, 0.15) is 34.0 Å². The van der Waals surface area contributed by atoms with Crippen molar-refractivity contribution < 1.29 is 19.1 Å². The number of hydrogen-bond acceptors (Lipinski definition) is 4. The van der Waals surface area contributed by atoms with Crippen molar-refractivity contribution in [3.63, 3.8) is 0 Å². The van der Waals surface area contributed by atoms with Gasteiger partial charge in [0.05, 0.1) is 12.2 Å². The summed E-state index contributed by atoms with van der Waals surface area (Å²) in [7, 11) is 0. The topological polar surface area (TPSA) is 67.9 Å². The number of anilines is 2. The molecular weight excluding hydrogens is 416 g/mol. The summed E-state index contributed by atoms with van der Waals surface area (Å²) < 4.78 is 11.6. The molecular formula is C27H28N2O4. The van der Waals surface area contributed by atoms with E-state index in [-0.39, 0.29) is 11.8 Å². The van der Waals surface area contributed by atoms with Crippen molar-refractivity contribution in [3.8, 4) is 11.5 Å². The average molecular weight is 445 g/mol. The molecule has 0 spiro atoms. The minimum atomic E-state index is -0.590. The highest BCUT2D eigenvalue weighted by molar-refractivity contribution is 6.06. The molecule has 6 heteroatoms. The van der Waals surface area contributed by atoms with Crippen LogP contribution < -0.4 is 19.7 Å². The van der Waals surface area contributed by atoms with E-state index in [1.807, 2.05) is 57.2 Å². The van der Waals surface area contributed by atoms with Gasteiger partial charge in [-0.1, -0.05) is 18.2 Å². The molecule has 1 heterocycles. The van der Waals surface area contributed by atoms with Crippen LogP contribution in [0.3, 0.4) is 0 Å². The molecule has 6 nitrogen and oxygen atoms in total. The van der Waals surface area contributed by atoms with E-state index in [0.717, 1.165) is 22.4 Å². The van der Waals surface area contributed by atoms with Crippen molar-refractivity contribution >= 4 is 23.2 Å². The summed E-state index contributed by atoms with van der Waals surface area (Å²) in [6, 6.07) is 18.7. The number of amides is 2. The lowest BCUT2D eigenvalue weighted by Crippen LogP contribution is -2.46. The van der Waals surface area contributed by atoms with E-state index in [1.54, 1.807) is 36.1 Å². The lowest BCUT2D eigenvalue weighted by molar-refractivity contribution is -0.125. The first kappa shape index (κ1) is 22.4. The van der Waals surface area contributed by atoms with E-state index in [2.05, 4.69) is 5.32 Å². The zero-order valence-electron chi connectivity index (χ0n) is 19.3. The molecule has 0 aromatic heterocycles. The van der Waals surface area contributed by atoms with Crippen molar-refractivity contribution in [2.45, 2.75) is 33.8 Å². The Morgan fingerprint density at radius 1 is 1.03 bits per heavy atom. The van der Waals surface area contributed by atoms with Gasteiger partial charge in [-0.2, -0.15) is 0 Å². The SMILES string of the molecule is Cc1cccc(OCCN2C(=O)C(C)Oc3ccc(NC(=O)c4ccc(C)c(C)c4)cc32)c1. The molecule has 0 saturated carbocycles. The van der Waals surface area contributed by atoms with Crippen LogP contribution in [-0.4, -0.2) is 31.1 Å². The van der Waals surface area contributed by atoms with Gasteiger partial charge < -0.3 is 19.7 Å². The lowest BCUT2D eigenvalue weighted by atomic mass is 10.1. The molecule has 3 aromatic carbocycles. The molecule has 1 unspecified atom stereocenters. The minimum absolute atomic E-state index is 0.145. The summed E-state index contributed by atoms with van der Waals surface area (Å²) >= 11 is 0. The molecule has 1 N–H and O–H groups in total. The summed E-state index contributed by atoms with van der Waals surface area (Å²) in [5.41, 5.74) is 5.09. The number of benzene rings is 3. The van der Waals surface area contributed by atoms with Crippen molar-refractivity contribution in [1.29, 1.82) is 0 Å². The predicted octanol–water partition coefficient (Wildman–Crippen LogP) is 5.06. The van der Waals surface area contributed by atoms with E-state index in [9.17, 15) is 9.59 Å². The highest BCUT2D eigenvalue weighted by atomic mass is 16.5. The van der Waals surface area contributed by atoms with Gasteiger partial charge in [0.15, 0.2) is 6.10 Å². The van der Waals surface area contributed by atoms with Crippen LogP contribution in [0, 0.1) is 20.8 Å². The minimum Gasteiger partial charge on any atom is -0.492 e. The van der Waals surface area contributed by atoms with Gasteiger partial charge in [0.25, 0.3) is 11.8 Å². The number of hydrogen-bond donors (Lipinski definition) is 1. The molecule has 0 saturated heterocycles. The highest BCUT2D eigenvalue weighted by Crippen LogP contribution is 2.36. The zero-order chi connectivity index (χ0) is 23.5. The number of carbonyl (C=O) groups excluding carboxylic acids is 2. The van der Waals surface area contributed by atoms with Crippen LogP contribution >= 0.6 is 0 Å². The standard InChI is InChI=1S/C27H28N2O4/c1-17-6-5-7-23(14-17)32-13-12-29-24-16-22(10-11-25(24)33-20(4)27(29)31)28-26(30)21-9-8-18(2)19(3)15-21/h5-11,14-16,20H,12-13H2,1-4H3,(H,28,30). The summed E-state index contributed by atoms with van der Waals surface area (Å²) in [6.07, 6.45) is -0.590. The van der Waals surface area contributed by atoms with E-state index < -0.39 is 6.10 Å². The van der Waals surface area contributed by atoms with E-state index in [1.165, 1.54) is 0 Å². The second kappa shape index (κ2) is 9.36. The van der Waals surface area contributed by atoms with E-state index in [0.29, 0.717) is 35.8 Å². The smallest absolute Gasteiger partial charge is 0.267 e. The normalized spacial score (nSPS) is 15.0. The number of nitrogens with zero attached hydrogens (tertiary/aromatic N) is 1. The van der Waals surface area contributed by atoms with Crippen molar-refractivity contribution in [3.05, 3.63) is 82.9 Å². The average Bonchev–Trinajstić information content (AvgIpc) is 2.78. The summed E-state index contributed by atoms with van der Waals surface area (Å²) in [5, 5.41) is 2.93. The summed E-state index contributed by atoms with van der Waals surface area (Å²) in [5.74, 6) is 1.01. The molecule has 1 atom stereocenters. The van der Waals surface area contributed by atoms with Gasteiger partial charge >= 0.3 is 0 Å². The third-order valence-electron chi connectivity index (χ3n) is 5.77. The van der Waals surface area contributed by atoms with Gasteiger partial charge in [-0.25, -0.2) is 0 Å². The number of aryl methyl sites for hydroxylation is 3. The number of ether oxygens (including phenoxy) is 2. The highest BCUT2D eigenvalue weighted by Gasteiger charge is 2.31. The second-order valence-corrected chi connectivity index (χ2v) is 8.35. The summed E-state index contributed by atoms with van der Waals surface area (Å²) in [4.78, 5) is 27.3. The number of carbonyl (C=O) groups is 2. The van der Waals surface area contributed by atoms with Crippen LogP contribution in [0.2, 0.25) is 0 Å². The molecule has 2 amide bonds. The fraction of sp³-hybridized carbons (Fsp3) is 0.259. The lowest BCUT2D eigenvalue weighted by Gasteiger charge is -2.33. The Morgan fingerprint density at radius 3 is 2.61 bits per heavy atom. The van der Waals surface area contributed by atoms with Crippen LogP contribution in [0.5, 0.6) is 11.5 Å². The van der Waals surface area contributed by atoms with Crippen LogP contribution in [0.15, 0.2) is 60.7 Å². The van der Waals surface area contributed by atoms with Crippen LogP contribution in [-0.2, 0) is 4.79 Å². The first-order valence-electron chi connectivity index (χ1n) is 11.0. The maximum Gasteiger partial charge on any atom is 0.267 e. The fourth-order valence-corrected chi connectivity index (χ4v) is 3.76. The first-order valence-corrected chi connectivity index (χ1v) is 11.0. The van der Waals surface area contributed by atoms with Gasteiger partial charge in [0.2, 0.25) is 0 Å². The maximum absolute atomic E-state index is 12.9. The van der Waals surface area contributed by atoms with Gasteiger partial charge in [-0.3, -0.25) is 9.59 Å². The molecule has 0 radical (unpaired) electrons. The zero-order valence-corrected chi connectivity index (χ0v) is 19.3. The molecule has 3 aromatic rings. The number of rotatable bonds is 6. The Kier molecular flexibility index (Phi) is 6.36. The van der Waals surface area contributed by atoms with E-state index in [4.69, 9.17) is 9.47 Å². The molecule has 33 heavy (non-hydrogen) atoms. The Bertz CT molecular complexity index is 1200. The quantitative estimate of drug-likeness (QED) is 0.577. The van der Waals surface area contributed by atoms with Crippen LogP contribution in [0.25, 0.3) is 0 Å². The Hall–Kier alpha value is -3.80. The van der Waals surface area contributed by atoms with Crippen molar-refractivity contribution in [2.24, 2.45) is 0 Å². The van der Waals surface area contributed by atoms with E-state index >= 15 is 0 Å². The molecule has 0 bridgehead atoms. The molecule has 4 rings (SSSR count). The molecule has 0 aliphatic carbocycles. The third-order valence-corrected chi connectivity index (χ3v) is 5.77. The largest absolute Gasteiger partial charge is 0.492 e. The Balaban J connectivity index is 1.51. The Morgan fingerprint density at radius 2 is 1.85 bits per heavy atom. The van der Waals surface area contributed by atoms with Crippen molar-refractivity contribution in [1.82, 2.24) is 0 Å². The van der Waals surface area contributed by atoms with Gasteiger partial charge in [-0.15, -0.1) is 0 Å². The third kappa shape index (κ3) is 5.00. The Labute approximate surface area is 194 Å². The van der Waals surface area contributed by atoms with Gasteiger partial charge in [-0.05, 0) is 86.8 Å². The number of fused-ring (bicyclic) bond motifs is 1. The van der Waals surface area contributed by atoms with Gasteiger partial charge in [0.1, 0.15) is 18.1 Å². The molecule has 170 valence electrons. The second-order valence-electron chi connectivity index (χ2n) is 8.35. The maximum atomic E-state index is 12.9.